The first-order valence-corrected chi connectivity index (χ1v) is 7.76. The van der Waals surface area contributed by atoms with Gasteiger partial charge < -0.3 is 4.90 Å². The van der Waals surface area contributed by atoms with Crippen LogP contribution in [0.3, 0.4) is 0 Å². The van der Waals surface area contributed by atoms with E-state index in [0.717, 1.165) is 35.9 Å². The number of aryl methyl sites for hydroxylation is 1. The van der Waals surface area contributed by atoms with Crippen LogP contribution in [0.4, 0.5) is 4.39 Å². The summed E-state index contributed by atoms with van der Waals surface area (Å²) in [6.07, 6.45) is 3.65. The van der Waals surface area contributed by atoms with Crippen molar-refractivity contribution in [3.8, 4) is 0 Å². The summed E-state index contributed by atoms with van der Waals surface area (Å²) in [5, 5.41) is 3.94. The molecule has 1 saturated heterocycles. The van der Waals surface area contributed by atoms with Crippen molar-refractivity contribution in [2.45, 2.75) is 31.7 Å². The van der Waals surface area contributed by atoms with Crippen molar-refractivity contribution in [2.24, 2.45) is 7.05 Å². The number of rotatable bonds is 2. The summed E-state index contributed by atoms with van der Waals surface area (Å²) in [6, 6.07) is 6.15. The molecule has 2 heterocycles. The zero-order valence-corrected chi connectivity index (χ0v) is 13.0. The topological polar surface area (TPSA) is 71.0 Å². The summed E-state index contributed by atoms with van der Waals surface area (Å²) in [6.45, 7) is 0.568. The predicted octanol–water partition coefficient (Wildman–Crippen LogP) is 2.00. The minimum Gasteiger partial charge on any atom is -0.329 e. The molecule has 1 aromatic carbocycles. The Morgan fingerprint density at radius 3 is 2.87 bits per heavy atom. The van der Waals surface area contributed by atoms with Gasteiger partial charge in [-0.1, -0.05) is 25.0 Å². The Labute approximate surface area is 132 Å². The third kappa shape index (κ3) is 3.18. The van der Waals surface area contributed by atoms with Crippen LogP contribution in [0.15, 0.2) is 29.1 Å². The molecule has 0 saturated carbocycles. The molecule has 1 N–H and O–H groups in total. The lowest BCUT2D eigenvalue weighted by Crippen LogP contribution is -2.35. The average Bonchev–Trinajstić information content (AvgIpc) is 2.75. The fourth-order valence-corrected chi connectivity index (χ4v) is 3.05. The molecule has 23 heavy (non-hydrogen) atoms. The molecule has 0 bridgehead atoms. The number of aromatic amines is 1. The fourth-order valence-electron chi connectivity index (χ4n) is 3.05. The Kier molecular flexibility index (Phi) is 4.27. The number of halogens is 1. The Balaban J connectivity index is 1.95. The summed E-state index contributed by atoms with van der Waals surface area (Å²) in [4.78, 5) is 28.5. The van der Waals surface area contributed by atoms with Crippen molar-refractivity contribution in [1.82, 2.24) is 19.7 Å². The maximum Gasteiger partial charge on any atom is 0.343 e. The molecule has 1 fully saturated rings. The molecule has 1 unspecified atom stereocenters. The number of nitrogens with one attached hydrogen (secondary N) is 1. The van der Waals surface area contributed by atoms with Crippen LogP contribution >= 0.6 is 0 Å². The van der Waals surface area contributed by atoms with Crippen LogP contribution in [0.25, 0.3) is 0 Å². The van der Waals surface area contributed by atoms with Gasteiger partial charge in [-0.15, -0.1) is 5.10 Å². The van der Waals surface area contributed by atoms with Crippen molar-refractivity contribution in [1.29, 1.82) is 0 Å². The molecule has 1 atom stereocenters. The van der Waals surface area contributed by atoms with E-state index in [2.05, 4.69) is 10.1 Å². The Bertz CT molecular complexity index is 767. The Hall–Kier alpha value is -2.44. The van der Waals surface area contributed by atoms with E-state index in [1.807, 2.05) is 6.07 Å². The van der Waals surface area contributed by atoms with Gasteiger partial charge in [0.25, 0.3) is 5.91 Å². The molecule has 1 aliphatic heterocycles. The van der Waals surface area contributed by atoms with E-state index in [1.165, 1.54) is 19.2 Å². The second kappa shape index (κ2) is 6.36. The third-order valence-corrected chi connectivity index (χ3v) is 4.22. The molecule has 6 nitrogen and oxygen atoms in total. The number of carbonyl (C=O) groups excluding carboxylic acids is 1. The normalized spacial score (nSPS) is 18.7. The maximum absolute atomic E-state index is 13.6. The van der Waals surface area contributed by atoms with E-state index in [1.54, 1.807) is 11.0 Å². The molecular formula is C16H19FN4O2. The zero-order valence-electron chi connectivity index (χ0n) is 13.0. The number of hydrogen-bond donors (Lipinski definition) is 1. The van der Waals surface area contributed by atoms with Crippen molar-refractivity contribution in [3.05, 3.63) is 52.0 Å². The van der Waals surface area contributed by atoms with Crippen LogP contribution in [0.5, 0.6) is 0 Å². The number of likely N-dealkylation sites (tertiary alicyclic amines) is 1. The monoisotopic (exact) mass is 318 g/mol. The van der Waals surface area contributed by atoms with Gasteiger partial charge in [0.1, 0.15) is 5.82 Å². The number of H-pyrrole nitrogens is 1. The largest absolute Gasteiger partial charge is 0.343 e. The first-order chi connectivity index (χ1) is 11.1. The van der Waals surface area contributed by atoms with Crippen LogP contribution in [0.1, 0.15) is 47.9 Å². The van der Waals surface area contributed by atoms with E-state index in [-0.39, 0.29) is 23.6 Å². The Morgan fingerprint density at radius 2 is 2.17 bits per heavy atom. The predicted molar refractivity (Wildman–Crippen MR) is 82.5 cm³/mol. The van der Waals surface area contributed by atoms with Gasteiger partial charge in [0, 0.05) is 13.6 Å². The van der Waals surface area contributed by atoms with Crippen molar-refractivity contribution >= 4 is 5.91 Å². The van der Waals surface area contributed by atoms with Gasteiger partial charge in [-0.2, -0.15) is 0 Å². The van der Waals surface area contributed by atoms with E-state index in [4.69, 9.17) is 0 Å². The molecule has 1 aliphatic rings. The van der Waals surface area contributed by atoms with Crippen LogP contribution in [-0.2, 0) is 7.05 Å². The number of nitrogens with zero attached hydrogens (tertiary/aromatic N) is 3. The van der Waals surface area contributed by atoms with Crippen molar-refractivity contribution in [2.75, 3.05) is 6.54 Å². The van der Waals surface area contributed by atoms with Gasteiger partial charge in [-0.05, 0) is 30.5 Å². The first kappa shape index (κ1) is 15.5. The van der Waals surface area contributed by atoms with Crippen LogP contribution in [0, 0.1) is 5.82 Å². The molecule has 122 valence electrons. The van der Waals surface area contributed by atoms with Crippen molar-refractivity contribution < 1.29 is 9.18 Å². The number of benzene rings is 1. The summed E-state index contributed by atoms with van der Waals surface area (Å²) in [7, 11) is 1.49. The van der Waals surface area contributed by atoms with Gasteiger partial charge in [0.15, 0.2) is 0 Å². The van der Waals surface area contributed by atoms with Gasteiger partial charge >= 0.3 is 5.69 Å². The molecule has 1 aromatic heterocycles. The van der Waals surface area contributed by atoms with Crippen molar-refractivity contribution in [3.63, 3.8) is 0 Å². The molecule has 0 aliphatic carbocycles. The number of amides is 1. The van der Waals surface area contributed by atoms with E-state index in [9.17, 15) is 14.0 Å². The highest BCUT2D eigenvalue weighted by Gasteiger charge is 2.29. The van der Waals surface area contributed by atoms with Crippen LogP contribution < -0.4 is 5.69 Å². The second-order valence-electron chi connectivity index (χ2n) is 5.82. The molecule has 2 aromatic rings. The molecule has 1 amide bonds. The van der Waals surface area contributed by atoms with E-state index < -0.39 is 5.69 Å². The van der Waals surface area contributed by atoms with Crippen LogP contribution in [-0.4, -0.2) is 32.1 Å². The van der Waals surface area contributed by atoms with Gasteiger partial charge in [0.05, 0.1) is 6.04 Å². The Morgan fingerprint density at radius 1 is 1.35 bits per heavy atom. The quantitative estimate of drug-likeness (QED) is 0.920. The minimum absolute atomic E-state index is 0.0285. The third-order valence-electron chi connectivity index (χ3n) is 4.22. The van der Waals surface area contributed by atoms with Crippen LogP contribution in [0.2, 0.25) is 0 Å². The van der Waals surface area contributed by atoms with E-state index >= 15 is 0 Å². The van der Waals surface area contributed by atoms with E-state index in [0.29, 0.717) is 6.54 Å². The zero-order chi connectivity index (χ0) is 16.4. The minimum atomic E-state index is -0.425. The lowest BCUT2D eigenvalue weighted by molar-refractivity contribution is 0.0667. The highest BCUT2D eigenvalue weighted by atomic mass is 19.1. The lowest BCUT2D eigenvalue weighted by atomic mass is 10.0. The van der Waals surface area contributed by atoms with Gasteiger partial charge in [-0.25, -0.2) is 13.9 Å². The SMILES string of the molecule is Cn1nc(C(=O)N2CCCCCC2c2cccc(F)c2)[nH]c1=O. The van der Waals surface area contributed by atoms with Gasteiger partial charge in [-0.3, -0.25) is 9.78 Å². The molecule has 0 radical (unpaired) electrons. The summed E-state index contributed by atoms with van der Waals surface area (Å²) in [5.74, 6) is -0.606. The summed E-state index contributed by atoms with van der Waals surface area (Å²) >= 11 is 0. The number of carbonyl (C=O) groups is 1. The molecule has 7 heteroatoms. The average molecular weight is 318 g/mol. The number of aromatic nitrogens is 3. The molecule has 3 rings (SSSR count). The van der Waals surface area contributed by atoms with Gasteiger partial charge in [0.2, 0.25) is 5.82 Å². The molecule has 0 spiro atoms. The lowest BCUT2D eigenvalue weighted by Gasteiger charge is -2.29. The number of hydrogen-bond acceptors (Lipinski definition) is 3. The summed E-state index contributed by atoms with van der Waals surface area (Å²) < 4.78 is 14.7. The fraction of sp³-hybridized carbons (Fsp3) is 0.438. The highest BCUT2D eigenvalue weighted by Crippen LogP contribution is 2.31. The first-order valence-electron chi connectivity index (χ1n) is 7.76. The smallest absolute Gasteiger partial charge is 0.329 e. The second-order valence-corrected chi connectivity index (χ2v) is 5.82. The highest BCUT2D eigenvalue weighted by molar-refractivity contribution is 5.90. The molecular weight excluding hydrogens is 299 g/mol. The standard InChI is InChI=1S/C16H19FN4O2/c1-20-16(23)18-14(19-20)15(22)21-9-4-2-3-8-13(21)11-6-5-7-12(17)10-11/h5-7,10,13H,2-4,8-9H2,1H3,(H,18,19,23). The summed E-state index contributed by atoms with van der Waals surface area (Å²) in [5.41, 5.74) is 0.351. The maximum atomic E-state index is 13.6.